The molecule has 2 atom stereocenters. The zero-order valence-corrected chi connectivity index (χ0v) is 10.5. The minimum absolute atomic E-state index is 0.254. The van der Waals surface area contributed by atoms with Crippen LogP contribution in [0.15, 0.2) is 4.52 Å². The molecule has 2 unspecified atom stereocenters. The molecule has 0 saturated heterocycles. The third-order valence-electron chi connectivity index (χ3n) is 3.43. The first-order valence-corrected chi connectivity index (χ1v) is 6.41. The van der Waals surface area contributed by atoms with E-state index in [1.54, 1.807) is 0 Å². The molecule has 17 heavy (non-hydrogen) atoms. The topological polar surface area (TPSA) is 71.2 Å². The van der Waals surface area contributed by atoms with Gasteiger partial charge in [-0.25, -0.2) is 0 Å². The molecular weight excluding hydrogens is 218 g/mol. The van der Waals surface area contributed by atoms with Crippen molar-refractivity contribution in [3.63, 3.8) is 0 Å². The summed E-state index contributed by atoms with van der Waals surface area (Å²) in [5.74, 6) is 1.55. The largest absolute Gasteiger partial charge is 0.396 e. The van der Waals surface area contributed by atoms with E-state index in [0.717, 1.165) is 18.7 Å². The van der Waals surface area contributed by atoms with E-state index in [1.165, 1.54) is 12.8 Å². The smallest absolute Gasteiger partial charge is 0.321 e. The molecule has 5 heteroatoms. The fraction of sp³-hybridized carbons (Fsp3) is 0.833. The third-order valence-corrected chi connectivity index (χ3v) is 3.43. The molecule has 1 heterocycles. The van der Waals surface area contributed by atoms with Gasteiger partial charge < -0.3 is 14.9 Å². The fourth-order valence-electron chi connectivity index (χ4n) is 2.42. The number of aliphatic hydroxyl groups is 1. The lowest BCUT2D eigenvalue weighted by molar-refractivity contribution is 0.253. The number of aromatic nitrogens is 2. The monoisotopic (exact) mass is 239 g/mol. The Morgan fingerprint density at radius 3 is 2.94 bits per heavy atom. The van der Waals surface area contributed by atoms with Crippen LogP contribution < -0.4 is 5.32 Å². The summed E-state index contributed by atoms with van der Waals surface area (Å²) >= 11 is 0. The van der Waals surface area contributed by atoms with E-state index in [2.05, 4.69) is 15.5 Å². The second-order valence-corrected chi connectivity index (χ2v) is 5.07. The van der Waals surface area contributed by atoms with Crippen LogP contribution in [0.4, 0.5) is 6.01 Å². The lowest BCUT2D eigenvalue weighted by Crippen LogP contribution is -2.24. The molecule has 1 aromatic heterocycles. The van der Waals surface area contributed by atoms with Crippen molar-refractivity contribution in [3.05, 3.63) is 5.82 Å². The molecule has 0 aliphatic heterocycles. The second-order valence-electron chi connectivity index (χ2n) is 5.07. The van der Waals surface area contributed by atoms with Crippen LogP contribution in [0.25, 0.3) is 0 Å². The Kier molecular flexibility index (Phi) is 3.99. The summed E-state index contributed by atoms with van der Waals surface area (Å²) in [6.45, 7) is 4.33. The van der Waals surface area contributed by atoms with E-state index < -0.39 is 0 Å². The van der Waals surface area contributed by atoms with Crippen molar-refractivity contribution in [1.29, 1.82) is 0 Å². The number of hydrogen-bond donors (Lipinski definition) is 2. The third kappa shape index (κ3) is 2.97. The molecule has 2 N–H and O–H groups in total. The van der Waals surface area contributed by atoms with Gasteiger partial charge in [-0.2, -0.15) is 4.98 Å². The van der Waals surface area contributed by atoms with Gasteiger partial charge in [-0.3, -0.25) is 0 Å². The van der Waals surface area contributed by atoms with Crippen molar-refractivity contribution in [2.75, 3.05) is 11.9 Å². The SMILES string of the molecule is CC(C)c1noc(NC2CCCC2CCO)n1. The summed E-state index contributed by atoms with van der Waals surface area (Å²) in [6, 6.07) is 0.881. The highest BCUT2D eigenvalue weighted by molar-refractivity contribution is 5.22. The van der Waals surface area contributed by atoms with Crippen molar-refractivity contribution < 1.29 is 9.63 Å². The maximum absolute atomic E-state index is 9.01. The first-order valence-electron chi connectivity index (χ1n) is 6.41. The van der Waals surface area contributed by atoms with Crippen LogP contribution in [0.1, 0.15) is 51.3 Å². The lowest BCUT2D eigenvalue weighted by atomic mass is 10.0. The Hall–Kier alpha value is -1.10. The van der Waals surface area contributed by atoms with Crippen molar-refractivity contribution in [3.8, 4) is 0 Å². The van der Waals surface area contributed by atoms with E-state index in [4.69, 9.17) is 9.63 Å². The van der Waals surface area contributed by atoms with Crippen LogP contribution in [-0.4, -0.2) is 27.9 Å². The summed E-state index contributed by atoms with van der Waals surface area (Å²) in [5.41, 5.74) is 0. The molecule has 0 amide bonds. The highest BCUT2D eigenvalue weighted by atomic mass is 16.5. The van der Waals surface area contributed by atoms with Crippen LogP contribution in [0, 0.1) is 5.92 Å². The van der Waals surface area contributed by atoms with Crippen molar-refractivity contribution in [2.45, 2.75) is 51.5 Å². The Balaban J connectivity index is 1.94. The standard InChI is InChI=1S/C12H21N3O2/c1-8(2)11-14-12(17-15-11)13-10-5-3-4-9(10)6-7-16/h8-10,16H,3-7H2,1-2H3,(H,13,14,15). The van der Waals surface area contributed by atoms with E-state index in [-0.39, 0.29) is 12.5 Å². The summed E-state index contributed by atoms with van der Waals surface area (Å²) in [6.07, 6.45) is 4.34. The molecule has 1 aliphatic carbocycles. The highest BCUT2D eigenvalue weighted by Gasteiger charge is 2.28. The zero-order chi connectivity index (χ0) is 12.3. The molecular formula is C12H21N3O2. The van der Waals surface area contributed by atoms with Crippen LogP contribution in [-0.2, 0) is 0 Å². The van der Waals surface area contributed by atoms with Crippen molar-refractivity contribution in [2.24, 2.45) is 5.92 Å². The summed E-state index contributed by atoms with van der Waals surface area (Å²) in [7, 11) is 0. The molecule has 96 valence electrons. The Labute approximate surface area is 102 Å². The number of nitrogens with zero attached hydrogens (tertiary/aromatic N) is 2. The number of nitrogens with one attached hydrogen (secondary N) is 1. The average molecular weight is 239 g/mol. The summed E-state index contributed by atoms with van der Waals surface area (Å²) in [5, 5.41) is 16.2. The van der Waals surface area contributed by atoms with E-state index >= 15 is 0 Å². The minimum atomic E-state index is 0.254. The van der Waals surface area contributed by atoms with Crippen molar-refractivity contribution in [1.82, 2.24) is 10.1 Å². The molecule has 1 saturated carbocycles. The first-order chi connectivity index (χ1) is 8.20. The summed E-state index contributed by atoms with van der Waals surface area (Å²) in [4.78, 5) is 4.32. The maximum Gasteiger partial charge on any atom is 0.321 e. The van der Waals surface area contributed by atoms with E-state index in [9.17, 15) is 0 Å². The van der Waals surface area contributed by atoms with Gasteiger partial charge in [0, 0.05) is 18.6 Å². The van der Waals surface area contributed by atoms with E-state index in [1.807, 2.05) is 13.8 Å². The molecule has 1 aliphatic rings. The number of hydrogen-bond acceptors (Lipinski definition) is 5. The van der Waals surface area contributed by atoms with Crippen LogP contribution >= 0.6 is 0 Å². The van der Waals surface area contributed by atoms with Gasteiger partial charge in [0.05, 0.1) is 0 Å². The minimum Gasteiger partial charge on any atom is -0.396 e. The predicted molar refractivity (Wildman–Crippen MR) is 64.8 cm³/mol. The number of aliphatic hydroxyl groups excluding tert-OH is 1. The molecule has 0 bridgehead atoms. The van der Waals surface area contributed by atoms with Crippen molar-refractivity contribution >= 4 is 6.01 Å². The van der Waals surface area contributed by atoms with Gasteiger partial charge >= 0.3 is 6.01 Å². The van der Waals surface area contributed by atoms with Gasteiger partial charge in [0.2, 0.25) is 0 Å². The molecule has 0 radical (unpaired) electrons. The molecule has 1 aromatic rings. The molecule has 0 aromatic carbocycles. The predicted octanol–water partition coefficient (Wildman–Crippen LogP) is 2.16. The zero-order valence-electron chi connectivity index (χ0n) is 10.5. The molecule has 0 spiro atoms. The van der Waals surface area contributed by atoms with Crippen LogP contribution in [0.5, 0.6) is 0 Å². The number of rotatable bonds is 5. The van der Waals surface area contributed by atoms with E-state index in [0.29, 0.717) is 18.0 Å². The van der Waals surface area contributed by atoms with Gasteiger partial charge in [0.15, 0.2) is 5.82 Å². The Bertz CT molecular complexity index is 351. The van der Waals surface area contributed by atoms with Gasteiger partial charge in [0.25, 0.3) is 0 Å². The Morgan fingerprint density at radius 2 is 2.29 bits per heavy atom. The maximum atomic E-state index is 9.01. The van der Waals surface area contributed by atoms with Gasteiger partial charge in [-0.05, 0) is 25.2 Å². The van der Waals surface area contributed by atoms with Crippen LogP contribution in [0.3, 0.4) is 0 Å². The first kappa shape index (κ1) is 12.4. The summed E-state index contributed by atoms with van der Waals surface area (Å²) < 4.78 is 5.18. The van der Waals surface area contributed by atoms with Gasteiger partial charge in [0.1, 0.15) is 0 Å². The quantitative estimate of drug-likeness (QED) is 0.823. The van der Waals surface area contributed by atoms with Gasteiger partial charge in [-0.1, -0.05) is 25.4 Å². The molecule has 2 rings (SSSR count). The highest BCUT2D eigenvalue weighted by Crippen LogP contribution is 2.30. The molecule has 1 fully saturated rings. The normalized spacial score (nSPS) is 24.5. The second kappa shape index (κ2) is 5.49. The van der Waals surface area contributed by atoms with Crippen LogP contribution in [0.2, 0.25) is 0 Å². The van der Waals surface area contributed by atoms with Gasteiger partial charge in [-0.15, -0.1) is 0 Å². The lowest BCUT2D eigenvalue weighted by Gasteiger charge is -2.18. The average Bonchev–Trinajstić information content (AvgIpc) is 2.90. The Morgan fingerprint density at radius 1 is 1.47 bits per heavy atom. The number of anilines is 1. The molecule has 5 nitrogen and oxygen atoms in total. The fourth-order valence-corrected chi connectivity index (χ4v) is 2.42.